The molecule has 2 N–H and O–H groups in total. The van der Waals surface area contributed by atoms with E-state index in [1.165, 1.54) is 18.1 Å². The van der Waals surface area contributed by atoms with Crippen molar-refractivity contribution in [3.8, 4) is 10.6 Å². The highest BCUT2D eigenvalue weighted by molar-refractivity contribution is 7.17. The van der Waals surface area contributed by atoms with Crippen LogP contribution in [0.15, 0.2) is 35.7 Å². The van der Waals surface area contributed by atoms with Crippen LogP contribution in [0.25, 0.3) is 10.6 Å². The zero-order valence-electron chi connectivity index (χ0n) is 13.8. The first-order chi connectivity index (χ1) is 11.5. The molecule has 0 bridgehead atoms. The molecule has 0 spiro atoms. The van der Waals surface area contributed by atoms with Crippen molar-refractivity contribution in [2.75, 3.05) is 5.32 Å². The van der Waals surface area contributed by atoms with Crippen molar-refractivity contribution >= 4 is 39.4 Å². The van der Waals surface area contributed by atoms with Crippen LogP contribution >= 0.6 is 22.7 Å². The summed E-state index contributed by atoms with van der Waals surface area (Å²) in [6.07, 6.45) is 0. The lowest BCUT2D eigenvalue weighted by Gasteiger charge is -2.09. The number of hydrogen-bond donors (Lipinski definition) is 2. The van der Waals surface area contributed by atoms with Crippen molar-refractivity contribution in [2.45, 2.75) is 27.3 Å². The SMILES string of the molecule is CC(=O)NCc1ccc(-c2csc(Nc3c(C)cccc3C)n2)s1. The molecule has 124 valence electrons. The number of nitrogens with zero attached hydrogens (tertiary/aromatic N) is 1. The fourth-order valence-corrected chi connectivity index (χ4v) is 4.08. The molecule has 0 aliphatic carbocycles. The molecule has 0 aliphatic rings. The molecule has 6 heteroatoms. The summed E-state index contributed by atoms with van der Waals surface area (Å²) in [7, 11) is 0. The summed E-state index contributed by atoms with van der Waals surface area (Å²) in [5, 5.41) is 9.20. The zero-order chi connectivity index (χ0) is 17.1. The quantitative estimate of drug-likeness (QED) is 0.685. The lowest BCUT2D eigenvalue weighted by atomic mass is 10.1. The van der Waals surface area contributed by atoms with Crippen molar-refractivity contribution in [1.82, 2.24) is 10.3 Å². The number of benzene rings is 1. The summed E-state index contributed by atoms with van der Waals surface area (Å²) in [6, 6.07) is 10.3. The topological polar surface area (TPSA) is 54.0 Å². The highest BCUT2D eigenvalue weighted by Gasteiger charge is 2.10. The predicted octanol–water partition coefficient (Wildman–Crippen LogP) is 4.87. The second-order valence-corrected chi connectivity index (χ2v) is 7.63. The molecule has 24 heavy (non-hydrogen) atoms. The van der Waals surface area contributed by atoms with Gasteiger partial charge >= 0.3 is 0 Å². The number of aryl methyl sites for hydroxylation is 2. The molecular weight excluding hydrogens is 338 g/mol. The van der Waals surface area contributed by atoms with E-state index in [1.54, 1.807) is 22.7 Å². The van der Waals surface area contributed by atoms with Crippen LogP contribution in [0.4, 0.5) is 10.8 Å². The second-order valence-electron chi connectivity index (χ2n) is 5.61. The summed E-state index contributed by atoms with van der Waals surface area (Å²) in [5.74, 6) is -0.0151. The number of amides is 1. The summed E-state index contributed by atoms with van der Waals surface area (Å²) in [6.45, 7) is 6.28. The molecule has 0 atom stereocenters. The lowest BCUT2D eigenvalue weighted by molar-refractivity contribution is -0.119. The molecule has 1 aromatic carbocycles. The molecule has 2 heterocycles. The second kappa shape index (κ2) is 7.15. The molecule has 3 rings (SSSR count). The minimum atomic E-state index is -0.0151. The zero-order valence-corrected chi connectivity index (χ0v) is 15.5. The number of thiazole rings is 1. The Morgan fingerprint density at radius 1 is 1.17 bits per heavy atom. The Hall–Kier alpha value is -2.18. The van der Waals surface area contributed by atoms with Gasteiger partial charge in [-0.2, -0.15) is 0 Å². The number of carbonyl (C=O) groups is 1. The normalized spacial score (nSPS) is 10.6. The van der Waals surface area contributed by atoms with Crippen LogP contribution in [0, 0.1) is 13.8 Å². The Morgan fingerprint density at radius 3 is 2.62 bits per heavy atom. The number of anilines is 2. The Morgan fingerprint density at radius 2 is 1.92 bits per heavy atom. The number of para-hydroxylation sites is 1. The first-order valence-corrected chi connectivity index (χ1v) is 9.35. The summed E-state index contributed by atoms with van der Waals surface area (Å²) >= 11 is 3.25. The molecule has 0 radical (unpaired) electrons. The first-order valence-electron chi connectivity index (χ1n) is 7.65. The first kappa shape index (κ1) is 16.7. The molecule has 0 saturated heterocycles. The fourth-order valence-electron chi connectivity index (χ4n) is 2.39. The monoisotopic (exact) mass is 357 g/mol. The highest BCUT2D eigenvalue weighted by Crippen LogP contribution is 2.33. The smallest absolute Gasteiger partial charge is 0.217 e. The highest BCUT2D eigenvalue weighted by atomic mass is 32.1. The predicted molar refractivity (Wildman–Crippen MR) is 102 cm³/mol. The molecule has 0 fully saturated rings. The number of thiophene rings is 1. The maximum atomic E-state index is 11.0. The van der Waals surface area contributed by atoms with E-state index in [-0.39, 0.29) is 5.91 Å². The molecule has 2 aromatic heterocycles. The Balaban J connectivity index is 1.75. The number of hydrogen-bond acceptors (Lipinski definition) is 5. The van der Waals surface area contributed by atoms with E-state index in [9.17, 15) is 4.79 Å². The maximum Gasteiger partial charge on any atom is 0.217 e. The van der Waals surface area contributed by atoms with Crippen LogP contribution in [0.3, 0.4) is 0 Å². The fraction of sp³-hybridized carbons (Fsp3) is 0.222. The number of rotatable bonds is 5. The third-order valence-electron chi connectivity index (χ3n) is 3.64. The molecule has 0 saturated carbocycles. The van der Waals surface area contributed by atoms with Crippen LogP contribution in [-0.4, -0.2) is 10.9 Å². The van der Waals surface area contributed by atoms with E-state index >= 15 is 0 Å². The van der Waals surface area contributed by atoms with Crippen molar-refractivity contribution in [3.63, 3.8) is 0 Å². The van der Waals surface area contributed by atoms with Crippen molar-refractivity contribution in [3.05, 3.63) is 51.7 Å². The van der Waals surface area contributed by atoms with Gasteiger partial charge in [0.05, 0.1) is 17.1 Å². The van der Waals surface area contributed by atoms with Gasteiger partial charge in [0.1, 0.15) is 0 Å². The molecular formula is C18H19N3OS2. The number of aromatic nitrogens is 1. The molecule has 3 aromatic rings. The van der Waals surface area contributed by atoms with Gasteiger partial charge in [-0.15, -0.1) is 22.7 Å². The number of carbonyl (C=O) groups excluding carboxylic acids is 1. The average Bonchev–Trinajstić information content (AvgIpc) is 3.18. The van der Waals surface area contributed by atoms with Crippen molar-refractivity contribution in [1.29, 1.82) is 0 Å². The Labute approximate surface area is 149 Å². The average molecular weight is 358 g/mol. The minimum Gasteiger partial charge on any atom is -0.351 e. The van der Waals surface area contributed by atoms with Gasteiger partial charge in [-0.1, -0.05) is 18.2 Å². The standard InChI is InChI=1S/C18H19N3OS2/c1-11-5-4-6-12(2)17(11)21-18-20-15(10-23-18)16-8-7-14(24-16)9-19-13(3)22/h4-8,10H,9H2,1-3H3,(H,19,22)(H,20,21). The van der Waals surface area contributed by atoms with E-state index in [0.717, 1.165) is 26.3 Å². The van der Waals surface area contributed by atoms with Gasteiger partial charge in [-0.05, 0) is 37.1 Å². The van der Waals surface area contributed by atoms with Crippen LogP contribution in [0.5, 0.6) is 0 Å². The summed E-state index contributed by atoms with van der Waals surface area (Å²) in [5.41, 5.74) is 4.50. The summed E-state index contributed by atoms with van der Waals surface area (Å²) < 4.78 is 0. The maximum absolute atomic E-state index is 11.0. The van der Waals surface area contributed by atoms with Crippen molar-refractivity contribution in [2.24, 2.45) is 0 Å². The van der Waals surface area contributed by atoms with Gasteiger partial charge in [-0.25, -0.2) is 4.98 Å². The van der Waals surface area contributed by atoms with Gasteiger partial charge in [0.25, 0.3) is 0 Å². The van der Waals surface area contributed by atoms with Crippen LogP contribution in [0.2, 0.25) is 0 Å². The van der Waals surface area contributed by atoms with E-state index in [2.05, 4.69) is 54.1 Å². The van der Waals surface area contributed by atoms with Gasteiger partial charge in [0, 0.05) is 22.9 Å². The minimum absolute atomic E-state index is 0.0151. The van der Waals surface area contributed by atoms with Crippen LogP contribution in [0.1, 0.15) is 22.9 Å². The van der Waals surface area contributed by atoms with E-state index < -0.39 is 0 Å². The van der Waals surface area contributed by atoms with E-state index in [4.69, 9.17) is 4.98 Å². The van der Waals surface area contributed by atoms with Gasteiger partial charge in [0.2, 0.25) is 5.91 Å². The van der Waals surface area contributed by atoms with Crippen molar-refractivity contribution < 1.29 is 4.79 Å². The third kappa shape index (κ3) is 3.83. The Kier molecular flexibility index (Phi) is 4.97. The van der Waals surface area contributed by atoms with E-state index in [0.29, 0.717) is 6.54 Å². The van der Waals surface area contributed by atoms with Gasteiger partial charge in [-0.3, -0.25) is 4.79 Å². The largest absolute Gasteiger partial charge is 0.351 e. The van der Waals surface area contributed by atoms with E-state index in [1.807, 2.05) is 6.07 Å². The third-order valence-corrected chi connectivity index (χ3v) is 5.51. The molecule has 4 nitrogen and oxygen atoms in total. The molecule has 0 aliphatic heterocycles. The van der Waals surface area contributed by atoms with Crippen LogP contribution in [-0.2, 0) is 11.3 Å². The summed E-state index contributed by atoms with van der Waals surface area (Å²) in [4.78, 5) is 17.9. The Bertz CT molecular complexity index is 847. The lowest BCUT2D eigenvalue weighted by Crippen LogP contribution is -2.17. The van der Waals surface area contributed by atoms with Crippen LogP contribution < -0.4 is 10.6 Å². The van der Waals surface area contributed by atoms with Gasteiger partial charge in [0.15, 0.2) is 5.13 Å². The van der Waals surface area contributed by atoms with Gasteiger partial charge < -0.3 is 10.6 Å². The molecule has 0 unspecified atom stereocenters. The number of nitrogens with one attached hydrogen (secondary N) is 2. The molecule has 1 amide bonds.